The number of amides is 3. The highest BCUT2D eigenvalue weighted by atomic mass is 19.4. The van der Waals surface area contributed by atoms with E-state index in [1.54, 1.807) is 12.1 Å². The van der Waals surface area contributed by atoms with Gasteiger partial charge in [-0.15, -0.1) is 13.2 Å². The fourth-order valence-electron chi connectivity index (χ4n) is 3.11. The van der Waals surface area contributed by atoms with E-state index in [9.17, 15) is 22.8 Å². The summed E-state index contributed by atoms with van der Waals surface area (Å²) in [6.07, 6.45) is -3.38. The molecule has 2 aromatic carbocycles. The van der Waals surface area contributed by atoms with Crippen LogP contribution in [0.25, 0.3) is 0 Å². The van der Waals surface area contributed by atoms with Gasteiger partial charge in [0, 0.05) is 18.4 Å². The number of aromatic nitrogens is 2. The largest absolute Gasteiger partial charge is 0.573 e. The third-order valence-corrected chi connectivity index (χ3v) is 4.68. The van der Waals surface area contributed by atoms with Crippen molar-refractivity contribution in [3.63, 3.8) is 0 Å². The molecule has 38 heavy (non-hydrogen) atoms. The van der Waals surface area contributed by atoms with E-state index < -0.39 is 24.1 Å². The molecule has 0 unspecified atom stereocenters. The summed E-state index contributed by atoms with van der Waals surface area (Å²) in [5.74, 6) is -0.249. The van der Waals surface area contributed by atoms with Crippen molar-refractivity contribution in [1.29, 1.82) is 0 Å². The molecule has 3 amide bonds. The Hall–Kier alpha value is -4.30. The predicted octanol–water partition coefficient (Wildman–Crippen LogP) is 3.24. The maximum Gasteiger partial charge on any atom is 0.573 e. The zero-order chi connectivity index (χ0) is 27.4. The number of imidazole rings is 1. The van der Waals surface area contributed by atoms with Gasteiger partial charge in [-0.1, -0.05) is 18.2 Å². The van der Waals surface area contributed by atoms with Gasteiger partial charge in [0.25, 0.3) is 5.91 Å². The standard InChI is InChI=1S/C24H26F3N5O6/c25-24(26,27)38-19-8-6-17(7-9-19)29-23(35)31-20-16-32(11-14-37-18-4-2-1-3-5-18)21(30-20)22(34)28-10-13-36-15-12-33/h1-9,16,33H,10-15H2,(H,28,34)(H2,29,31,35). The third kappa shape index (κ3) is 9.63. The molecular formula is C24H26F3N5O6. The molecule has 204 valence electrons. The lowest BCUT2D eigenvalue weighted by molar-refractivity contribution is -0.274. The van der Waals surface area contributed by atoms with Gasteiger partial charge in [-0.25, -0.2) is 9.78 Å². The number of para-hydroxylation sites is 1. The van der Waals surface area contributed by atoms with Crippen molar-refractivity contribution >= 4 is 23.4 Å². The zero-order valence-corrected chi connectivity index (χ0v) is 20.0. The second-order valence-electron chi connectivity index (χ2n) is 7.55. The maximum absolute atomic E-state index is 12.7. The lowest BCUT2D eigenvalue weighted by Gasteiger charge is -2.10. The summed E-state index contributed by atoms with van der Waals surface area (Å²) in [5.41, 5.74) is 0.202. The maximum atomic E-state index is 12.7. The first-order valence-electron chi connectivity index (χ1n) is 11.4. The molecule has 0 bridgehead atoms. The van der Waals surface area contributed by atoms with Crippen molar-refractivity contribution in [3.05, 3.63) is 66.6 Å². The smallest absolute Gasteiger partial charge is 0.492 e. The Balaban J connectivity index is 1.62. The van der Waals surface area contributed by atoms with Gasteiger partial charge in [0.05, 0.1) is 26.4 Å². The molecule has 14 heteroatoms. The monoisotopic (exact) mass is 537 g/mol. The molecular weight excluding hydrogens is 511 g/mol. The summed E-state index contributed by atoms with van der Waals surface area (Å²) in [4.78, 5) is 29.3. The number of halogens is 3. The first-order valence-corrected chi connectivity index (χ1v) is 11.4. The van der Waals surface area contributed by atoms with Crippen molar-refractivity contribution in [1.82, 2.24) is 14.9 Å². The fraction of sp³-hybridized carbons (Fsp3) is 0.292. The molecule has 0 aliphatic heterocycles. The number of ether oxygens (including phenoxy) is 3. The zero-order valence-electron chi connectivity index (χ0n) is 20.0. The summed E-state index contributed by atoms with van der Waals surface area (Å²) in [6.45, 7) is 0.798. The van der Waals surface area contributed by atoms with Crippen LogP contribution < -0.4 is 25.4 Å². The Morgan fingerprint density at radius 1 is 0.947 bits per heavy atom. The van der Waals surface area contributed by atoms with E-state index in [0.717, 1.165) is 12.1 Å². The second-order valence-corrected chi connectivity index (χ2v) is 7.55. The minimum absolute atomic E-state index is 0.00720. The lowest BCUT2D eigenvalue weighted by atomic mass is 10.3. The van der Waals surface area contributed by atoms with Gasteiger partial charge in [0.2, 0.25) is 5.82 Å². The van der Waals surface area contributed by atoms with Gasteiger partial charge in [0.1, 0.15) is 18.1 Å². The first kappa shape index (κ1) is 28.3. The highest BCUT2D eigenvalue weighted by Gasteiger charge is 2.31. The molecule has 3 aromatic rings. The topological polar surface area (TPSA) is 136 Å². The number of alkyl halides is 3. The summed E-state index contributed by atoms with van der Waals surface area (Å²) >= 11 is 0. The number of nitrogens with one attached hydrogen (secondary N) is 3. The third-order valence-electron chi connectivity index (χ3n) is 4.68. The fourth-order valence-corrected chi connectivity index (χ4v) is 3.11. The van der Waals surface area contributed by atoms with E-state index in [-0.39, 0.29) is 56.8 Å². The van der Waals surface area contributed by atoms with Crippen LogP contribution in [0.2, 0.25) is 0 Å². The van der Waals surface area contributed by atoms with Crippen LogP contribution in [-0.2, 0) is 11.3 Å². The average molecular weight is 537 g/mol. The normalized spacial score (nSPS) is 11.1. The summed E-state index contributed by atoms with van der Waals surface area (Å²) in [5, 5.41) is 16.3. The van der Waals surface area contributed by atoms with Gasteiger partial charge in [-0.3, -0.25) is 10.1 Å². The van der Waals surface area contributed by atoms with E-state index in [2.05, 4.69) is 25.7 Å². The van der Waals surface area contributed by atoms with Crippen LogP contribution in [0.1, 0.15) is 10.6 Å². The Morgan fingerprint density at radius 3 is 2.37 bits per heavy atom. The van der Waals surface area contributed by atoms with Gasteiger partial charge in [0.15, 0.2) is 5.82 Å². The first-order chi connectivity index (χ1) is 18.2. The Bertz CT molecular complexity index is 1170. The number of aliphatic hydroxyl groups is 1. The van der Waals surface area contributed by atoms with Crippen LogP contribution in [0.5, 0.6) is 11.5 Å². The minimum atomic E-state index is -4.83. The predicted molar refractivity (Wildman–Crippen MR) is 130 cm³/mol. The molecule has 4 N–H and O–H groups in total. The number of carbonyl (C=O) groups is 2. The molecule has 0 fully saturated rings. The van der Waals surface area contributed by atoms with Crippen LogP contribution in [0.4, 0.5) is 29.5 Å². The number of urea groups is 1. The molecule has 1 heterocycles. The minimum Gasteiger partial charge on any atom is -0.492 e. The van der Waals surface area contributed by atoms with Crippen molar-refractivity contribution in [2.75, 3.05) is 43.6 Å². The molecule has 0 aliphatic carbocycles. The molecule has 0 aliphatic rings. The number of carbonyl (C=O) groups excluding carboxylic acids is 2. The lowest BCUT2D eigenvalue weighted by Crippen LogP contribution is -2.30. The van der Waals surface area contributed by atoms with Crippen molar-refractivity contribution in [2.24, 2.45) is 0 Å². The van der Waals surface area contributed by atoms with E-state index in [1.807, 2.05) is 18.2 Å². The summed E-state index contributed by atoms with van der Waals surface area (Å²) in [7, 11) is 0. The van der Waals surface area contributed by atoms with Crippen LogP contribution in [-0.4, -0.2) is 65.9 Å². The molecule has 0 atom stereocenters. The van der Waals surface area contributed by atoms with Gasteiger partial charge < -0.3 is 34.5 Å². The number of aliphatic hydroxyl groups excluding tert-OH is 1. The molecule has 3 rings (SSSR count). The van der Waals surface area contributed by atoms with E-state index in [4.69, 9.17) is 14.6 Å². The van der Waals surface area contributed by atoms with Crippen LogP contribution in [0, 0.1) is 0 Å². The van der Waals surface area contributed by atoms with Gasteiger partial charge >= 0.3 is 12.4 Å². The van der Waals surface area contributed by atoms with E-state index in [0.29, 0.717) is 5.75 Å². The highest BCUT2D eigenvalue weighted by molar-refractivity contribution is 5.99. The number of hydrogen-bond acceptors (Lipinski definition) is 7. The molecule has 0 spiro atoms. The van der Waals surface area contributed by atoms with E-state index >= 15 is 0 Å². The molecule has 0 saturated heterocycles. The van der Waals surface area contributed by atoms with E-state index in [1.165, 1.54) is 22.9 Å². The average Bonchev–Trinajstić information content (AvgIpc) is 3.27. The number of anilines is 2. The Kier molecular flexibility index (Phi) is 10.3. The van der Waals surface area contributed by atoms with Crippen LogP contribution in [0.15, 0.2) is 60.8 Å². The van der Waals surface area contributed by atoms with Crippen LogP contribution >= 0.6 is 0 Å². The second kappa shape index (κ2) is 13.9. The number of hydrogen-bond donors (Lipinski definition) is 4. The molecule has 11 nitrogen and oxygen atoms in total. The SMILES string of the molecule is O=C(Nc1ccc(OC(F)(F)F)cc1)Nc1cn(CCOc2ccccc2)c(C(=O)NCCOCCO)n1. The Morgan fingerprint density at radius 2 is 1.68 bits per heavy atom. The highest BCUT2D eigenvalue weighted by Crippen LogP contribution is 2.24. The van der Waals surface area contributed by atoms with Gasteiger partial charge in [-0.05, 0) is 36.4 Å². The molecule has 0 saturated carbocycles. The summed E-state index contributed by atoms with van der Waals surface area (Å²) < 4.78 is 53.0. The van der Waals surface area contributed by atoms with Gasteiger partial charge in [-0.2, -0.15) is 0 Å². The quantitative estimate of drug-likeness (QED) is 0.246. The summed E-state index contributed by atoms with van der Waals surface area (Å²) in [6, 6.07) is 12.9. The van der Waals surface area contributed by atoms with Crippen molar-refractivity contribution in [2.45, 2.75) is 12.9 Å². The number of rotatable bonds is 13. The van der Waals surface area contributed by atoms with Crippen molar-refractivity contribution in [3.8, 4) is 11.5 Å². The number of nitrogens with zero attached hydrogens (tertiary/aromatic N) is 2. The molecule has 0 radical (unpaired) electrons. The Labute approximate surface area is 215 Å². The molecule has 1 aromatic heterocycles. The van der Waals surface area contributed by atoms with Crippen molar-refractivity contribution < 1.29 is 42.1 Å². The van der Waals surface area contributed by atoms with Crippen LogP contribution in [0.3, 0.4) is 0 Å². The number of benzene rings is 2.